The van der Waals surface area contributed by atoms with Crippen molar-refractivity contribution < 1.29 is 64.6 Å². The maximum absolute atomic E-state index is 13.0. The van der Waals surface area contributed by atoms with Gasteiger partial charge >= 0.3 is 5.97 Å². The molecule has 2 saturated heterocycles. The van der Waals surface area contributed by atoms with Gasteiger partial charge in [-0.25, -0.2) is 0 Å². The molecular formula is C41H66O13. The lowest BCUT2D eigenvalue weighted by Crippen LogP contribution is -2.67. The summed E-state index contributed by atoms with van der Waals surface area (Å²) in [5.41, 5.74) is -0.367. The van der Waals surface area contributed by atoms with Crippen LogP contribution in [0.25, 0.3) is 0 Å². The molecule has 7 rings (SSSR count). The molecular weight excluding hydrogens is 700 g/mol. The predicted molar refractivity (Wildman–Crippen MR) is 193 cm³/mol. The highest BCUT2D eigenvalue weighted by Gasteiger charge is 2.70. The van der Waals surface area contributed by atoms with Crippen molar-refractivity contribution in [1.29, 1.82) is 0 Å². The number of hydrogen-bond acceptors (Lipinski definition) is 12. The fourth-order valence-corrected chi connectivity index (χ4v) is 13.4. The van der Waals surface area contributed by atoms with Gasteiger partial charge < -0.3 is 59.8 Å². The zero-order chi connectivity index (χ0) is 39.4. The topological polar surface area (TPSA) is 216 Å². The van der Waals surface area contributed by atoms with Crippen molar-refractivity contribution in [3.63, 3.8) is 0 Å². The van der Waals surface area contributed by atoms with Gasteiger partial charge in [-0.1, -0.05) is 53.2 Å². The lowest BCUT2D eigenvalue weighted by Gasteiger charge is -2.71. The second-order valence-corrected chi connectivity index (χ2v) is 20.1. The van der Waals surface area contributed by atoms with E-state index in [9.17, 15) is 45.6 Å². The Kier molecular flexibility index (Phi) is 10.6. The molecule has 18 atom stereocenters. The second-order valence-electron chi connectivity index (χ2n) is 20.1. The summed E-state index contributed by atoms with van der Waals surface area (Å²) in [6, 6.07) is 0. The number of carboxylic acid groups (broad SMARTS) is 1. The molecule has 0 spiro atoms. The highest BCUT2D eigenvalue weighted by Crippen LogP contribution is 2.76. The Morgan fingerprint density at radius 3 is 2.19 bits per heavy atom. The summed E-state index contributed by atoms with van der Waals surface area (Å²) in [5, 5.41) is 84.7. The minimum Gasteiger partial charge on any atom is -0.481 e. The van der Waals surface area contributed by atoms with Gasteiger partial charge in [-0.2, -0.15) is 0 Å². The molecule has 0 aromatic heterocycles. The van der Waals surface area contributed by atoms with Crippen molar-refractivity contribution in [1.82, 2.24) is 0 Å². The van der Waals surface area contributed by atoms with Gasteiger partial charge in [0, 0.05) is 5.41 Å². The third-order valence-electron chi connectivity index (χ3n) is 17.0. The van der Waals surface area contributed by atoms with E-state index in [1.165, 1.54) is 5.57 Å². The van der Waals surface area contributed by atoms with Crippen LogP contribution in [0.1, 0.15) is 106 Å². The molecule has 0 amide bonds. The van der Waals surface area contributed by atoms with Crippen LogP contribution in [0.5, 0.6) is 0 Å². The lowest BCUT2D eigenvalue weighted by atomic mass is 9.33. The Labute approximate surface area is 319 Å². The molecule has 54 heavy (non-hydrogen) atoms. The SMILES string of the molecule is CC1(C)CC[C@]2(C(=O)O)CC[C@]3(C)C(=CC[C@H]4[C@@]5(C)CC[C@H](O[C@@H]6OC[C@@H](O)[C@H](O)[C@H]6O[C@@H]6O[C@@H](CO)[C@H](O)[C@@H](O)[C@@H]6O)[C@@](C)(CO)[C@H]5CC[C@]43C)[C@H]2C1. The Bertz CT molecular complexity index is 1450. The number of allylic oxidation sites excluding steroid dienone is 2. The van der Waals surface area contributed by atoms with Crippen LogP contribution in [0.4, 0.5) is 0 Å². The molecule has 4 saturated carbocycles. The molecule has 0 aromatic carbocycles. The normalized spacial score (nSPS) is 54.3. The van der Waals surface area contributed by atoms with Gasteiger partial charge in [0.05, 0.1) is 31.3 Å². The van der Waals surface area contributed by atoms with E-state index in [0.717, 1.165) is 51.4 Å². The number of aliphatic carboxylic acids is 1. The van der Waals surface area contributed by atoms with Crippen LogP contribution in [0.2, 0.25) is 0 Å². The molecule has 0 radical (unpaired) electrons. The predicted octanol–water partition coefficient (Wildman–Crippen LogP) is 2.49. The zero-order valence-corrected chi connectivity index (χ0v) is 32.9. The number of carbonyl (C=O) groups is 1. The molecule has 0 unspecified atom stereocenters. The molecule has 2 aliphatic heterocycles. The summed E-state index contributed by atoms with van der Waals surface area (Å²) in [6.07, 6.45) is -3.32. The van der Waals surface area contributed by atoms with E-state index in [4.69, 9.17) is 18.9 Å². The number of carboxylic acids is 1. The van der Waals surface area contributed by atoms with Gasteiger partial charge in [-0.05, 0) is 104 Å². The molecule has 7 aliphatic rings. The van der Waals surface area contributed by atoms with E-state index in [2.05, 4.69) is 47.6 Å². The number of aliphatic hydroxyl groups is 7. The van der Waals surface area contributed by atoms with Crippen molar-refractivity contribution in [2.24, 2.45) is 50.2 Å². The largest absolute Gasteiger partial charge is 0.481 e. The summed E-state index contributed by atoms with van der Waals surface area (Å²) < 4.78 is 24.1. The monoisotopic (exact) mass is 766 g/mol. The van der Waals surface area contributed by atoms with Gasteiger partial charge in [-0.3, -0.25) is 4.79 Å². The van der Waals surface area contributed by atoms with Crippen LogP contribution in [-0.4, -0.2) is 128 Å². The Hall–Kier alpha value is -1.23. The van der Waals surface area contributed by atoms with Crippen molar-refractivity contribution in [2.75, 3.05) is 19.8 Å². The van der Waals surface area contributed by atoms with Crippen molar-refractivity contribution in [2.45, 2.75) is 167 Å². The lowest BCUT2D eigenvalue weighted by molar-refractivity contribution is -0.368. The van der Waals surface area contributed by atoms with Crippen LogP contribution < -0.4 is 0 Å². The van der Waals surface area contributed by atoms with Crippen LogP contribution in [0.15, 0.2) is 11.6 Å². The maximum atomic E-state index is 13.0. The number of hydrogen-bond donors (Lipinski definition) is 8. The van der Waals surface area contributed by atoms with Crippen LogP contribution in [0, 0.1) is 50.2 Å². The quantitative estimate of drug-likeness (QED) is 0.138. The summed E-state index contributed by atoms with van der Waals surface area (Å²) in [5.74, 6) is -0.265. The van der Waals surface area contributed by atoms with E-state index >= 15 is 0 Å². The summed E-state index contributed by atoms with van der Waals surface area (Å²) in [6.45, 7) is 12.8. The van der Waals surface area contributed by atoms with Gasteiger partial charge in [0.15, 0.2) is 12.6 Å². The number of aliphatic hydroxyl groups excluding tert-OH is 7. The average Bonchev–Trinajstić information content (AvgIpc) is 3.12. The summed E-state index contributed by atoms with van der Waals surface area (Å²) in [4.78, 5) is 13.0. The Morgan fingerprint density at radius 1 is 0.815 bits per heavy atom. The molecule has 308 valence electrons. The standard InChI is InChI=1S/C41H66O13/c1-36(2)13-15-41(35(49)50)16-14-39(5)21(22(41)17-36)7-8-26-37(3)11-10-27(38(4,20-43)25(37)9-12-40(26,39)6)53-34-32(28(45)23(44)19-51-34)54-33-31(48)30(47)29(46)24(18-42)52-33/h7,22-34,42-48H,8-20H2,1-6H3,(H,49,50)/t22-,23-,24+,25+,26+,27+,28+,29+,30-,31+,32-,33+,34+,37+,38+,39-,40-,41+/m1/s1. The molecule has 6 fully saturated rings. The minimum absolute atomic E-state index is 0.0233. The van der Waals surface area contributed by atoms with E-state index in [1.807, 2.05) is 0 Å². The fraction of sp³-hybridized carbons (Fsp3) is 0.927. The van der Waals surface area contributed by atoms with Gasteiger partial charge in [-0.15, -0.1) is 0 Å². The van der Waals surface area contributed by atoms with E-state index in [0.29, 0.717) is 18.8 Å². The van der Waals surface area contributed by atoms with Crippen molar-refractivity contribution >= 4 is 5.97 Å². The second kappa shape index (κ2) is 14.0. The summed E-state index contributed by atoms with van der Waals surface area (Å²) in [7, 11) is 0. The Morgan fingerprint density at radius 2 is 1.52 bits per heavy atom. The van der Waals surface area contributed by atoms with Crippen molar-refractivity contribution in [3.05, 3.63) is 11.6 Å². The molecule has 2 heterocycles. The fourth-order valence-electron chi connectivity index (χ4n) is 13.4. The smallest absolute Gasteiger partial charge is 0.310 e. The average molecular weight is 767 g/mol. The number of ether oxygens (including phenoxy) is 4. The highest BCUT2D eigenvalue weighted by atomic mass is 16.8. The Balaban J connectivity index is 1.15. The first-order valence-corrected chi connectivity index (χ1v) is 20.4. The maximum Gasteiger partial charge on any atom is 0.310 e. The van der Waals surface area contributed by atoms with Crippen LogP contribution >= 0.6 is 0 Å². The molecule has 13 heteroatoms. The number of fused-ring (bicyclic) bond motifs is 7. The first-order chi connectivity index (χ1) is 25.2. The molecule has 8 N–H and O–H groups in total. The molecule has 5 aliphatic carbocycles. The van der Waals surface area contributed by atoms with Crippen molar-refractivity contribution in [3.8, 4) is 0 Å². The van der Waals surface area contributed by atoms with Crippen LogP contribution in [0.3, 0.4) is 0 Å². The molecule has 13 nitrogen and oxygen atoms in total. The van der Waals surface area contributed by atoms with E-state index in [-0.39, 0.29) is 46.7 Å². The van der Waals surface area contributed by atoms with Gasteiger partial charge in [0.1, 0.15) is 42.7 Å². The highest BCUT2D eigenvalue weighted by molar-refractivity contribution is 5.76. The third-order valence-corrected chi connectivity index (χ3v) is 17.0. The molecule has 0 aromatic rings. The number of rotatable bonds is 7. The van der Waals surface area contributed by atoms with E-state index in [1.54, 1.807) is 0 Å². The minimum atomic E-state index is -1.73. The van der Waals surface area contributed by atoms with Crippen LogP contribution in [-0.2, 0) is 23.7 Å². The first-order valence-electron chi connectivity index (χ1n) is 20.4. The van der Waals surface area contributed by atoms with Gasteiger partial charge in [0.25, 0.3) is 0 Å². The third kappa shape index (κ3) is 5.92. The first kappa shape index (κ1) is 40.9. The summed E-state index contributed by atoms with van der Waals surface area (Å²) >= 11 is 0. The van der Waals surface area contributed by atoms with Gasteiger partial charge in [0.2, 0.25) is 0 Å². The molecule has 0 bridgehead atoms. The van der Waals surface area contributed by atoms with E-state index < -0.39 is 84.8 Å². The zero-order valence-electron chi connectivity index (χ0n) is 32.9.